The summed E-state index contributed by atoms with van der Waals surface area (Å²) in [6, 6.07) is 16.7. The zero-order valence-corrected chi connectivity index (χ0v) is 11.5. The molecule has 0 amide bonds. The van der Waals surface area contributed by atoms with Crippen LogP contribution in [0.1, 0.15) is 5.69 Å². The monoisotopic (exact) mass is 284 g/mol. The number of fused-ring (bicyclic) bond motifs is 1. The van der Waals surface area contributed by atoms with Gasteiger partial charge in [0.1, 0.15) is 5.82 Å². The smallest absolute Gasteiger partial charge is 0.138 e. The molecule has 2 nitrogen and oxygen atoms in total. The number of thioether (sulfide) groups is 1. The molecule has 0 unspecified atom stereocenters. The van der Waals surface area contributed by atoms with E-state index in [9.17, 15) is 4.39 Å². The molecule has 0 radical (unpaired) electrons. The zero-order valence-electron chi connectivity index (χ0n) is 10.7. The number of benzene rings is 2. The summed E-state index contributed by atoms with van der Waals surface area (Å²) in [6.45, 7) is 0. The lowest BCUT2D eigenvalue weighted by atomic mass is 10.2. The third-order valence-electron chi connectivity index (χ3n) is 2.99. The van der Waals surface area contributed by atoms with E-state index >= 15 is 0 Å². The van der Waals surface area contributed by atoms with Crippen molar-refractivity contribution in [3.05, 3.63) is 66.1 Å². The van der Waals surface area contributed by atoms with Gasteiger partial charge in [0.15, 0.2) is 0 Å². The van der Waals surface area contributed by atoms with Crippen LogP contribution in [0.15, 0.2) is 59.5 Å². The molecule has 1 heterocycles. The minimum absolute atomic E-state index is 0.282. The second-order valence-corrected chi connectivity index (χ2v) is 5.49. The van der Waals surface area contributed by atoms with Gasteiger partial charge in [-0.25, -0.2) is 4.39 Å². The Labute approximate surface area is 120 Å². The van der Waals surface area contributed by atoms with E-state index in [1.54, 1.807) is 12.1 Å². The highest BCUT2D eigenvalue weighted by molar-refractivity contribution is 7.98. The maximum absolute atomic E-state index is 13.7. The van der Waals surface area contributed by atoms with Crippen LogP contribution in [0.5, 0.6) is 0 Å². The normalized spacial score (nSPS) is 10.8. The van der Waals surface area contributed by atoms with Gasteiger partial charge in [-0.3, -0.25) is 4.98 Å². The first kappa shape index (κ1) is 12.9. The molecule has 2 N–H and O–H groups in total. The van der Waals surface area contributed by atoms with Crippen molar-refractivity contribution in [1.29, 1.82) is 0 Å². The van der Waals surface area contributed by atoms with Gasteiger partial charge in [-0.15, -0.1) is 11.8 Å². The van der Waals surface area contributed by atoms with Crippen LogP contribution in [0.25, 0.3) is 10.9 Å². The Morgan fingerprint density at radius 2 is 1.90 bits per heavy atom. The maximum atomic E-state index is 13.7. The van der Waals surface area contributed by atoms with Crippen LogP contribution in [0, 0.1) is 5.82 Å². The van der Waals surface area contributed by atoms with Gasteiger partial charge in [0.2, 0.25) is 0 Å². The summed E-state index contributed by atoms with van der Waals surface area (Å²) in [5, 5.41) is 1.11. The highest BCUT2D eigenvalue weighted by Gasteiger charge is 2.05. The van der Waals surface area contributed by atoms with Gasteiger partial charge in [-0.05, 0) is 30.3 Å². The summed E-state index contributed by atoms with van der Waals surface area (Å²) in [5.74, 6) is 0.349. The fraction of sp³-hybridized carbons (Fsp3) is 0.0625. The average molecular weight is 284 g/mol. The molecule has 2 aromatic carbocycles. The van der Waals surface area contributed by atoms with Crippen LogP contribution < -0.4 is 5.73 Å². The fourth-order valence-electron chi connectivity index (χ4n) is 1.97. The third-order valence-corrected chi connectivity index (χ3v) is 4.07. The van der Waals surface area contributed by atoms with Crippen LogP contribution in [0.3, 0.4) is 0 Å². The molecular formula is C16H13FN2S. The molecule has 0 fully saturated rings. The number of para-hydroxylation sites is 1. The van der Waals surface area contributed by atoms with Crippen molar-refractivity contribution in [3.63, 3.8) is 0 Å². The largest absolute Gasteiger partial charge is 0.399 e. The van der Waals surface area contributed by atoms with E-state index in [1.807, 2.05) is 36.4 Å². The van der Waals surface area contributed by atoms with Crippen molar-refractivity contribution in [2.45, 2.75) is 10.6 Å². The summed E-state index contributed by atoms with van der Waals surface area (Å²) in [5.41, 5.74) is 7.87. The SMILES string of the molecule is Nc1ccc(SCc2ccc3ccccc3n2)c(F)c1. The zero-order chi connectivity index (χ0) is 13.9. The third kappa shape index (κ3) is 2.75. The predicted octanol–water partition coefficient (Wildman–Crippen LogP) is 4.25. The number of rotatable bonds is 3. The number of halogens is 1. The molecule has 0 saturated heterocycles. The minimum Gasteiger partial charge on any atom is -0.399 e. The van der Waals surface area contributed by atoms with Crippen molar-refractivity contribution >= 4 is 28.4 Å². The lowest BCUT2D eigenvalue weighted by Crippen LogP contribution is -1.90. The molecule has 100 valence electrons. The topological polar surface area (TPSA) is 38.9 Å². The maximum Gasteiger partial charge on any atom is 0.138 e. The molecule has 0 aliphatic carbocycles. The van der Waals surface area contributed by atoms with Gasteiger partial charge in [0, 0.05) is 21.7 Å². The molecule has 0 bridgehead atoms. The lowest BCUT2D eigenvalue weighted by molar-refractivity contribution is 0.602. The van der Waals surface area contributed by atoms with E-state index in [4.69, 9.17) is 5.73 Å². The van der Waals surface area contributed by atoms with Gasteiger partial charge in [-0.2, -0.15) is 0 Å². The summed E-state index contributed by atoms with van der Waals surface area (Å²) in [6.07, 6.45) is 0. The van der Waals surface area contributed by atoms with Crippen LogP contribution >= 0.6 is 11.8 Å². The van der Waals surface area contributed by atoms with E-state index in [2.05, 4.69) is 4.98 Å². The number of hydrogen-bond acceptors (Lipinski definition) is 3. The number of pyridine rings is 1. The molecule has 3 aromatic rings. The number of anilines is 1. The number of nitrogens with zero attached hydrogens (tertiary/aromatic N) is 1. The lowest BCUT2D eigenvalue weighted by Gasteiger charge is -2.05. The van der Waals surface area contributed by atoms with Crippen LogP contribution in [0.2, 0.25) is 0 Å². The standard InChI is InChI=1S/C16H13FN2S/c17-14-9-12(18)6-8-16(14)20-10-13-7-5-11-3-1-2-4-15(11)19-13/h1-9H,10,18H2. The first-order valence-electron chi connectivity index (χ1n) is 6.25. The first-order valence-corrected chi connectivity index (χ1v) is 7.23. The van der Waals surface area contributed by atoms with Crippen molar-refractivity contribution in [2.24, 2.45) is 0 Å². The van der Waals surface area contributed by atoms with Crippen molar-refractivity contribution in [3.8, 4) is 0 Å². The molecule has 3 rings (SSSR count). The Hall–Kier alpha value is -2.07. The Morgan fingerprint density at radius 3 is 2.75 bits per heavy atom. The Balaban J connectivity index is 1.79. The highest BCUT2D eigenvalue weighted by Crippen LogP contribution is 2.26. The molecule has 0 saturated carbocycles. The molecule has 0 spiro atoms. The molecule has 4 heteroatoms. The van der Waals surface area contributed by atoms with Gasteiger partial charge < -0.3 is 5.73 Å². The van der Waals surface area contributed by atoms with E-state index < -0.39 is 0 Å². The Kier molecular flexibility index (Phi) is 3.56. The van der Waals surface area contributed by atoms with Crippen molar-refractivity contribution in [2.75, 3.05) is 5.73 Å². The Morgan fingerprint density at radius 1 is 1.05 bits per heavy atom. The van der Waals surface area contributed by atoms with Gasteiger partial charge in [-0.1, -0.05) is 24.3 Å². The van der Waals surface area contributed by atoms with Crippen LogP contribution in [0.4, 0.5) is 10.1 Å². The molecule has 20 heavy (non-hydrogen) atoms. The van der Waals surface area contributed by atoms with Gasteiger partial charge >= 0.3 is 0 Å². The summed E-state index contributed by atoms with van der Waals surface area (Å²) in [7, 11) is 0. The van der Waals surface area contributed by atoms with Gasteiger partial charge in [0.05, 0.1) is 11.2 Å². The summed E-state index contributed by atoms with van der Waals surface area (Å²) >= 11 is 1.42. The Bertz CT molecular complexity index is 758. The second kappa shape index (κ2) is 5.51. The number of nitrogens with two attached hydrogens (primary N) is 1. The molecule has 0 aliphatic heterocycles. The van der Waals surface area contributed by atoms with E-state index in [0.29, 0.717) is 16.3 Å². The highest BCUT2D eigenvalue weighted by atomic mass is 32.2. The fourth-order valence-corrected chi connectivity index (χ4v) is 2.80. The van der Waals surface area contributed by atoms with E-state index in [0.717, 1.165) is 16.6 Å². The van der Waals surface area contributed by atoms with Crippen molar-refractivity contribution < 1.29 is 4.39 Å². The molecule has 0 aliphatic rings. The summed E-state index contributed by atoms with van der Waals surface area (Å²) in [4.78, 5) is 5.16. The van der Waals surface area contributed by atoms with Gasteiger partial charge in [0.25, 0.3) is 0 Å². The molecule has 0 atom stereocenters. The number of hydrogen-bond donors (Lipinski definition) is 1. The number of nitrogen functional groups attached to an aromatic ring is 1. The van der Waals surface area contributed by atoms with Crippen molar-refractivity contribution in [1.82, 2.24) is 4.98 Å². The molecular weight excluding hydrogens is 271 g/mol. The van der Waals surface area contributed by atoms with E-state index in [1.165, 1.54) is 17.8 Å². The average Bonchev–Trinajstić information content (AvgIpc) is 2.46. The first-order chi connectivity index (χ1) is 9.72. The second-order valence-electron chi connectivity index (χ2n) is 4.47. The molecule has 1 aromatic heterocycles. The number of aromatic nitrogens is 1. The minimum atomic E-state index is -0.282. The van der Waals surface area contributed by atoms with E-state index in [-0.39, 0.29) is 5.82 Å². The predicted molar refractivity (Wildman–Crippen MR) is 82.1 cm³/mol. The summed E-state index contributed by atoms with van der Waals surface area (Å²) < 4.78 is 13.7. The quantitative estimate of drug-likeness (QED) is 0.577. The van der Waals surface area contributed by atoms with Crippen LogP contribution in [-0.2, 0) is 5.75 Å². The van der Waals surface area contributed by atoms with Crippen LogP contribution in [-0.4, -0.2) is 4.98 Å².